The van der Waals surface area contributed by atoms with E-state index in [-0.39, 0.29) is 24.8 Å². The molecule has 0 saturated carbocycles. The maximum Gasteiger partial charge on any atom is -1.00 e. The molecular formula is C23H20Cl2NTi. The van der Waals surface area contributed by atoms with Gasteiger partial charge < -0.3 is 24.8 Å². The van der Waals surface area contributed by atoms with E-state index in [0.717, 1.165) is 6.54 Å². The van der Waals surface area contributed by atoms with E-state index in [0.29, 0.717) is 5.92 Å². The quantitative estimate of drug-likeness (QED) is 0.516. The number of benzene rings is 3. The van der Waals surface area contributed by atoms with Crippen LogP contribution < -0.4 is 28.2 Å². The normalized spacial score (nSPS) is 14.5. The second kappa shape index (κ2) is 9.62. The van der Waals surface area contributed by atoms with Crippen molar-refractivity contribution >= 4 is 11.8 Å². The first-order valence-electron chi connectivity index (χ1n) is 8.63. The smallest absolute Gasteiger partial charge is 1.00 e. The Morgan fingerprint density at radius 1 is 0.778 bits per heavy atom. The van der Waals surface area contributed by atoms with Gasteiger partial charge in [-0.05, 0) is 0 Å². The summed E-state index contributed by atoms with van der Waals surface area (Å²) in [5.74, 6) is 0.372. The molecule has 0 fully saturated rings. The molecule has 0 saturated heterocycles. The van der Waals surface area contributed by atoms with Crippen LogP contribution in [0.2, 0.25) is 0 Å². The molecule has 1 nitrogen and oxygen atoms in total. The monoisotopic (exact) mass is 428 g/mol. The minimum atomic E-state index is 0. The van der Waals surface area contributed by atoms with Gasteiger partial charge in [-0.2, -0.15) is 0 Å². The van der Waals surface area contributed by atoms with Crippen LogP contribution in [0.4, 0.5) is 5.69 Å². The summed E-state index contributed by atoms with van der Waals surface area (Å²) in [4.78, 5) is 0. The average molecular weight is 429 g/mol. The number of fused-ring (bicyclic) bond motifs is 1. The molecule has 1 unspecified atom stereocenters. The van der Waals surface area contributed by atoms with Gasteiger partial charge in [-0.1, -0.05) is 0 Å². The number of anilines is 1. The summed E-state index contributed by atoms with van der Waals surface area (Å²) in [7, 11) is 0. The predicted molar refractivity (Wildman–Crippen MR) is 101 cm³/mol. The molecule has 0 aliphatic heterocycles. The van der Waals surface area contributed by atoms with Gasteiger partial charge in [-0.25, -0.2) is 0 Å². The molecule has 0 amide bonds. The predicted octanol–water partition coefficient (Wildman–Crippen LogP) is -0.288. The molecule has 0 aromatic heterocycles. The summed E-state index contributed by atoms with van der Waals surface area (Å²) in [5, 5.41) is 0. The number of hydrogen-bond donors (Lipinski definition) is 0. The molecule has 0 spiro atoms. The number of hydrogen-bond acceptors (Lipinski definition) is 1. The van der Waals surface area contributed by atoms with Crippen molar-refractivity contribution in [1.29, 1.82) is 0 Å². The van der Waals surface area contributed by atoms with Gasteiger partial charge in [0.05, 0.1) is 0 Å². The second-order valence-corrected chi connectivity index (χ2v) is 7.41. The van der Waals surface area contributed by atoms with Crippen LogP contribution in [0.15, 0.2) is 84.4 Å². The Labute approximate surface area is 186 Å². The van der Waals surface area contributed by atoms with Crippen molar-refractivity contribution < 1.29 is 45.5 Å². The summed E-state index contributed by atoms with van der Waals surface area (Å²) in [5.41, 5.74) is 8.27. The summed E-state index contributed by atoms with van der Waals surface area (Å²) in [6.45, 7) is 3.16. The number of rotatable bonds is 4. The zero-order valence-electron chi connectivity index (χ0n) is 15.1. The van der Waals surface area contributed by atoms with Crippen LogP contribution >= 0.6 is 0 Å². The Balaban J connectivity index is 0.00000131. The molecule has 4 rings (SSSR count). The van der Waals surface area contributed by atoms with Crippen LogP contribution in [-0.2, 0) is 27.2 Å². The molecule has 27 heavy (non-hydrogen) atoms. The Kier molecular flexibility index (Phi) is 7.76. The van der Waals surface area contributed by atoms with Crippen molar-refractivity contribution in [1.82, 2.24) is 0 Å². The Hall–Kier alpha value is -1.51. The van der Waals surface area contributed by atoms with E-state index >= 15 is 0 Å². The Bertz CT molecular complexity index is 924. The van der Waals surface area contributed by atoms with E-state index < -0.39 is 0 Å². The number of nitrogens with zero attached hydrogens (tertiary/aromatic N) is 1. The number of allylic oxidation sites excluding steroid dienone is 1. The molecule has 4 heteroatoms. The molecule has 0 heterocycles. The van der Waals surface area contributed by atoms with E-state index in [2.05, 4.69) is 116 Å². The number of halogens is 2. The van der Waals surface area contributed by atoms with Crippen LogP contribution in [0.3, 0.4) is 0 Å². The van der Waals surface area contributed by atoms with Gasteiger partial charge in [0, 0.05) is 0 Å². The van der Waals surface area contributed by atoms with Crippen LogP contribution in [0, 0.1) is 0 Å². The third kappa shape index (κ3) is 4.50. The fourth-order valence-corrected chi connectivity index (χ4v) is 4.22. The zero-order valence-corrected chi connectivity index (χ0v) is 18.1. The minimum Gasteiger partial charge on any atom is -1.00 e. The van der Waals surface area contributed by atoms with Gasteiger partial charge in [0.2, 0.25) is 0 Å². The maximum absolute atomic E-state index is 2.33. The molecule has 0 radical (unpaired) electrons. The van der Waals surface area contributed by atoms with E-state index in [1.807, 2.05) is 0 Å². The first kappa shape index (κ1) is 21.8. The van der Waals surface area contributed by atoms with E-state index in [4.69, 9.17) is 0 Å². The fraction of sp³-hybridized carbons (Fsp3) is 0.130. The summed E-state index contributed by atoms with van der Waals surface area (Å²) >= 11 is 2.16. The topological polar surface area (TPSA) is 3.24 Å². The number of para-hydroxylation sites is 1. The first-order valence-corrected chi connectivity index (χ1v) is 9.32. The average Bonchev–Trinajstić information content (AvgIpc) is 2.98. The second-order valence-electron chi connectivity index (χ2n) is 6.57. The summed E-state index contributed by atoms with van der Waals surface area (Å²) < 4.78 is 2.32. The van der Waals surface area contributed by atoms with Crippen molar-refractivity contribution in [2.45, 2.75) is 19.4 Å². The molecule has 3 aromatic rings. The zero-order chi connectivity index (χ0) is 17.2. The van der Waals surface area contributed by atoms with Crippen LogP contribution in [0.1, 0.15) is 35.1 Å². The standard InChI is InChI=1S/C23H20N.2ClH.Ti/c1-17-15-18-9-5-7-13-21(18)23(17)22-14-8-6-10-19(22)16-24-20-11-3-2-4-12-20;;;/h2-15,23H,16H2,1H3;2*1H;/q-1;;;+3/p-2. The van der Waals surface area contributed by atoms with Crippen LogP contribution in [0.25, 0.3) is 6.08 Å². The van der Waals surface area contributed by atoms with Gasteiger partial charge in [0.15, 0.2) is 0 Å². The van der Waals surface area contributed by atoms with E-state index in [1.165, 1.54) is 33.5 Å². The Morgan fingerprint density at radius 2 is 1.37 bits per heavy atom. The molecule has 3 aromatic carbocycles. The van der Waals surface area contributed by atoms with Crippen molar-refractivity contribution in [3.63, 3.8) is 0 Å². The fourth-order valence-electron chi connectivity index (χ4n) is 3.72. The SMILES string of the molecule is CC1=Cc2ccccc2C1c1ccccc1C[N]([Ti+2])c1ccccc1.[Cl-].[Cl-]. The van der Waals surface area contributed by atoms with E-state index in [9.17, 15) is 0 Å². The molecular weight excluding hydrogens is 409 g/mol. The van der Waals surface area contributed by atoms with Gasteiger partial charge in [0.1, 0.15) is 0 Å². The Morgan fingerprint density at radius 3 is 2.11 bits per heavy atom. The van der Waals surface area contributed by atoms with Crippen molar-refractivity contribution in [3.8, 4) is 0 Å². The van der Waals surface area contributed by atoms with Gasteiger partial charge in [-0.3, -0.25) is 0 Å². The van der Waals surface area contributed by atoms with Crippen molar-refractivity contribution in [2.75, 3.05) is 3.38 Å². The van der Waals surface area contributed by atoms with Gasteiger partial charge >= 0.3 is 162 Å². The molecule has 0 N–H and O–H groups in total. The summed E-state index contributed by atoms with van der Waals surface area (Å²) in [6, 6.07) is 28.2. The van der Waals surface area contributed by atoms with Gasteiger partial charge in [0.25, 0.3) is 0 Å². The third-order valence-corrected chi connectivity index (χ3v) is 5.56. The largest absolute Gasteiger partial charge is 1.00 e. The van der Waals surface area contributed by atoms with Crippen LogP contribution in [-0.4, -0.2) is 0 Å². The maximum atomic E-state index is 2.33. The molecule has 135 valence electrons. The molecule has 1 aliphatic carbocycles. The minimum absolute atomic E-state index is 0. The van der Waals surface area contributed by atoms with Crippen LogP contribution in [0.5, 0.6) is 0 Å². The molecule has 0 bridgehead atoms. The first-order chi connectivity index (χ1) is 12.2. The van der Waals surface area contributed by atoms with Crippen molar-refractivity contribution in [3.05, 3.63) is 107 Å². The van der Waals surface area contributed by atoms with Crippen molar-refractivity contribution in [2.24, 2.45) is 0 Å². The molecule has 1 aliphatic rings. The van der Waals surface area contributed by atoms with Gasteiger partial charge in [-0.15, -0.1) is 0 Å². The molecule has 1 atom stereocenters. The van der Waals surface area contributed by atoms with E-state index in [1.54, 1.807) is 0 Å². The summed E-state index contributed by atoms with van der Waals surface area (Å²) in [6.07, 6.45) is 2.33. The third-order valence-electron chi connectivity index (χ3n) is 4.91.